The van der Waals surface area contributed by atoms with E-state index in [0.717, 1.165) is 12.8 Å². The Morgan fingerprint density at radius 2 is 2.00 bits per heavy atom. The van der Waals surface area contributed by atoms with E-state index in [9.17, 15) is 13.2 Å². The van der Waals surface area contributed by atoms with Gasteiger partial charge in [0.15, 0.2) is 0 Å². The molecule has 0 aromatic heterocycles. The predicted molar refractivity (Wildman–Crippen MR) is 81.0 cm³/mol. The molecule has 0 radical (unpaired) electrons. The van der Waals surface area contributed by atoms with Gasteiger partial charge in [0.1, 0.15) is 11.2 Å². The van der Waals surface area contributed by atoms with E-state index in [1.807, 2.05) is 6.92 Å². The van der Waals surface area contributed by atoms with Gasteiger partial charge in [0.2, 0.25) is 0 Å². The van der Waals surface area contributed by atoms with Crippen LogP contribution >= 0.6 is 0 Å². The number of rotatable bonds is 7. The van der Waals surface area contributed by atoms with Crippen LogP contribution in [-0.2, 0) is 14.8 Å². The van der Waals surface area contributed by atoms with Crippen molar-refractivity contribution in [1.82, 2.24) is 4.90 Å². The molecule has 0 bridgehead atoms. The number of esters is 1. The van der Waals surface area contributed by atoms with Crippen LogP contribution in [0.1, 0.15) is 30.1 Å². The first-order valence-electron chi connectivity index (χ1n) is 6.61. The number of hydrogen-bond acceptors (Lipinski definition) is 4. The molecular formula is C14H20N2O4S. The summed E-state index contributed by atoms with van der Waals surface area (Å²) in [5.41, 5.74) is 0.00418. The summed E-state index contributed by atoms with van der Waals surface area (Å²) < 4.78 is 32.9. The third-order valence-electron chi connectivity index (χ3n) is 2.53. The van der Waals surface area contributed by atoms with E-state index < -0.39 is 16.0 Å². The highest BCUT2D eigenvalue weighted by molar-refractivity contribution is 7.90. The monoisotopic (exact) mass is 312 g/mol. The van der Waals surface area contributed by atoms with E-state index in [1.54, 1.807) is 26.2 Å². The molecule has 0 aliphatic rings. The maximum Gasteiger partial charge on any atom is 0.339 e. The molecule has 21 heavy (non-hydrogen) atoms. The molecule has 116 valence electrons. The van der Waals surface area contributed by atoms with E-state index in [2.05, 4.69) is 4.40 Å². The molecule has 0 saturated carbocycles. The molecule has 1 aromatic rings. The molecular weight excluding hydrogens is 292 g/mol. The van der Waals surface area contributed by atoms with E-state index in [-0.39, 0.29) is 17.1 Å². The molecule has 0 fully saturated rings. The second-order valence-corrected chi connectivity index (χ2v) is 6.25. The highest BCUT2D eigenvalue weighted by Crippen LogP contribution is 2.18. The van der Waals surface area contributed by atoms with Gasteiger partial charge in [-0.2, -0.15) is 8.42 Å². The molecule has 7 heteroatoms. The molecule has 0 saturated heterocycles. The second kappa shape index (κ2) is 7.78. The standard InChI is InChI=1S/C14H20N2O4S/c1-4-5-10-20-14(17)12-8-6-7-9-13(12)21(18,19)15-11-16(2)3/h6-9,11H,4-5,10H2,1-3H3. The van der Waals surface area contributed by atoms with Gasteiger partial charge in [-0.3, -0.25) is 0 Å². The highest BCUT2D eigenvalue weighted by Gasteiger charge is 2.22. The van der Waals surface area contributed by atoms with Crippen molar-refractivity contribution < 1.29 is 17.9 Å². The van der Waals surface area contributed by atoms with Gasteiger partial charge < -0.3 is 9.64 Å². The summed E-state index contributed by atoms with van der Waals surface area (Å²) in [6, 6.07) is 5.90. The Labute approximate surface area is 125 Å². The van der Waals surface area contributed by atoms with E-state index in [0.29, 0.717) is 0 Å². The normalized spacial score (nSPS) is 11.6. The van der Waals surface area contributed by atoms with Crippen molar-refractivity contribution in [3.05, 3.63) is 29.8 Å². The predicted octanol–water partition coefficient (Wildman–Crippen LogP) is 1.92. The summed E-state index contributed by atoms with van der Waals surface area (Å²) >= 11 is 0. The number of sulfonamides is 1. The molecule has 0 aliphatic carbocycles. The summed E-state index contributed by atoms with van der Waals surface area (Å²) in [7, 11) is -0.621. The fraction of sp³-hybridized carbons (Fsp3) is 0.429. The Bertz CT molecular complexity index is 609. The van der Waals surface area contributed by atoms with Crippen LogP contribution in [0.25, 0.3) is 0 Å². The Morgan fingerprint density at radius 1 is 1.33 bits per heavy atom. The van der Waals surface area contributed by atoms with Gasteiger partial charge in [-0.05, 0) is 18.6 Å². The number of hydrogen-bond donors (Lipinski definition) is 0. The SMILES string of the molecule is CCCCOC(=O)c1ccccc1S(=O)(=O)N=CN(C)C. The minimum Gasteiger partial charge on any atom is -0.462 e. The van der Waals surface area contributed by atoms with Gasteiger partial charge in [-0.25, -0.2) is 4.79 Å². The van der Waals surface area contributed by atoms with Gasteiger partial charge in [0.05, 0.1) is 12.2 Å². The lowest BCUT2D eigenvalue weighted by atomic mass is 10.2. The van der Waals surface area contributed by atoms with Gasteiger partial charge in [0, 0.05) is 14.1 Å². The topological polar surface area (TPSA) is 76.0 Å². The third kappa shape index (κ3) is 5.18. The summed E-state index contributed by atoms with van der Waals surface area (Å²) in [5, 5.41) is 0. The fourth-order valence-corrected chi connectivity index (χ4v) is 2.57. The van der Waals surface area contributed by atoms with Crippen LogP contribution < -0.4 is 0 Å². The first-order chi connectivity index (χ1) is 9.88. The molecule has 0 heterocycles. The van der Waals surface area contributed by atoms with Crippen molar-refractivity contribution in [3.8, 4) is 0 Å². The number of benzene rings is 1. The molecule has 1 aromatic carbocycles. The van der Waals surface area contributed by atoms with Crippen molar-refractivity contribution in [3.63, 3.8) is 0 Å². The summed E-state index contributed by atoms with van der Waals surface area (Å²) in [6.07, 6.45) is 2.80. The van der Waals surface area contributed by atoms with Crippen LogP contribution in [0.15, 0.2) is 33.6 Å². The van der Waals surface area contributed by atoms with Crippen molar-refractivity contribution in [1.29, 1.82) is 0 Å². The van der Waals surface area contributed by atoms with Gasteiger partial charge >= 0.3 is 5.97 Å². The van der Waals surface area contributed by atoms with Crippen molar-refractivity contribution in [2.75, 3.05) is 20.7 Å². The molecule has 1 rings (SSSR count). The van der Waals surface area contributed by atoms with Crippen LogP contribution in [0, 0.1) is 0 Å². The zero-order valence-corrected chi connectivity index (χ0v) is 13.3. The molecule has 0 aliphatic heterocycles. The third-order valence-corrected chi connectivity index (χ3v) is 3.82. The van der Waals surface area contributed by atoms with Gasteiger partial charge in [-0.1, -0.05) is 25.5 Å². The fourth-order valence-electron chi connectivity index (χ4n) is 1.46. The first-order valence-corrected chi connectivity index (χ1v) is 8.05. The quantitative estimate of drug-likeness (QED) is 0.333. The van der Waals surface area contributed by atoms with Crippen LogP contribution in [0.5, 0.6) is 0 Å². The maximum absolute atomic E-state index is 12.2. The molecule has 0 amide bonds. The number of ether oxygens (including phenoxy) is 1. The van der Waals surface area contributed by atoms with Crippen molar-refractivity contribution in [2.24, 2.45) is 4.40 Å². The van der Waals surface area contributed by atoms with Crippen LogP contribution in [0.4, 0.5) is 0 Å². The van der Waals surface area contributed by atoms with Crippen molar-refractivity contribution in [2.45, 2.75) is 24.7 Å². The molecule has 0 unspecified atom stereocenters. The Hall–Kier alpha value is -1.89. The second-order valence-electron chi connectivity index (χ2n) is 4.65. The minimum atomic E-state index is -3.93. The summed E-state index contributed by atoms with van der Waals surface area (Å²) in [5.74, 6) is -0.650. The van der Waals surface area contributed by atoms with E-state index in [1.165, 1.54) is 23.4 Å². The first kappa shape index (κ1) is 17.2. The molecule has 0 atom stereocenters. The minimum absolute atomic E-state index is 0.00418. The summed E-state index contributed by atoms with van der Waals surface area (Å²) in [6.45, 7) is 2.24. The number of carbonyl (C=O) groups is 1. The van der Waals surface area contributed by atoms with Crippen LogP contribution in [0.2, 0.25) is 0 Å². The molecule has 6 nitrogen and oxygen atoms in total. The lowest BCUT2D eigenvalue weighted by Gasteiger charge is -2.08. The van der Waals surface area contributed by atoms with Gasteiger partial charge in [0.25, 0.3) is 10.0 Å². The Kier molecular flexibility index (Phi) is 6.36. The maximum atomic E-state index is 12.2. The lowest BCUT2D eigenvalue weighted by Crippen LogP contribution is -2.14. The summed E-state index contributed by atoms with van der Waals surface area (Å²) in [4.78, 5) is 13.3. The average molecular weight is 312 g/mol. The number of nitrogens with zero attached hydrogens (tertiary/aromatic N) is 2. The van der Waals surface area contributed by atoms with Crippen LogP contribution in [0.3, 0.4) is 0 Å². The zero-order chi connectivity index (χ0) is 15.9. The largest absolute Gasteiger partial charge is 0.462 e. The van der Waals surface area contributed by atoms with Crippen molar-refractivity contribution >= 4 is 22.3 Å². The van der Waals surface area contributed by atoms with E-state index >= 15 is 0 Å². The molecule has 0 N–H and O–H groups in total. The smallest absolute Gasteiger partial charge is 0.339 e. The lowest BCUT2D eigenvalue weighted by molar-refractivity contribution is 0.0495. The van der Waals surface area contributed by atoms with Crippen LogP contribution in [-0.4, -0.2) is 46.3 Å². The molecule has 0 spiro atoms. The van der Waals surface area contributed by atoms with E-state index in [4.69, 9.17) is 4.74 Å². The number of carbonyl (C=O) groups excluding carboxylic acids is 1. The Balaban J connectivity index is 3.07. The average Bonchev–Trinajstić information content (AvgIpc) is 2.45. The number of unbranched alkanes of at least 4 members (excludes halogenated alkanes) is 1. The Morgan fingerprint density at radius 3 is 2.62 bits per heavy atom. The van der Waals surface area contributed by atoms with Gasteiger partial charge in [-0.15, -0.1) is 4.40 Å². The highest BCUT2D eigenvalue weighted by atomic mass is 32.2. The zero-order valence-electron chi connectivity index (χ0n) is 12.4.